The molecule has 34 heavy (non-hydrogen) atoms. The Kier molecular flexibility index (Phi) is 5.79. The lowest BCUT2D eigenvalue weighted by Crippen LogP contribution is -2.18. The number of ether oxygens (including phenoxy) is 1. The lowest BCUT2D eigenvalue weighted by molar-refractivity contribution is -0.120. The van der Waals surface area contributed by atoms with E-state index >= 15 is 0 Å². The first-order valence-electron chi connectivity index (χ1n) is 11.1. The summed E-state index contributed by atoms with van der Waals surface area (Å²) in [6.45, 7) is 2.74. The van der Waals surface area contributed by atoms with Gasteiger partial charge in [-0.05, 0) is 31.5 Å². The summed E-state index contributed by atoms with van der Waals surface area (Å²) in [6.07, 6.45) is 4.92. The van der Waals surface area contributed by atoms with Crippen molar-refractivity contribution in [3.05, 3.63) is 65.1 Å². The average molecular weight is 462 g/mol. The van der Waals surface area contributed by atoms with Crippen molar-refractivity contribution in [3.63, 3.8) is 0 Å². The smallest absolute Gasteiger partial charge is 0.220 e. The Hall–Kier alpha value is -4.08. The molecule has 0 saturated heterocycles. The zero-order chi connectivity index (χ0) is 23.7. The molecule has 0 bridgehead atoms. The zero-order valence-electron chi connectivity index (χ0n) is 18.9. The van der Waals surface area contributed by atoms with Gasteiger partial charge in [-0.25, -0.2) is 9.37 Å². The molecule has 4 aromatic rings. The molecule has 174 valence electrons. The van der Waals surface area contributed by atoms with E-state index in [0.717, 1.165) is 33.8 Å². The number of carbonyl (C=O) groups is 1. The normalized spacial score (nSPS) is 12.4. The van der Waals surface area contributed by atoms with Crippen LogP contribution in [-0.4, -0.2) is 44.1 Å². The van der Waals surface area contributed by atoms with Crippen molar-refractivity contribution in [2.45, 2.75) is 32.7 Å². The molecule has 1 amide bonds. The van der Waals surface area contributed by atoms with E-state index in [4.69, 9.17) is 4.74 Å². The van der Waals surface area contributed by atoms with E-state index in [-0.39, 0.29) is 18.3 Å². The molecule has 0 aliphatic carbocycles. The topological polar surface area (TPSA) is 106 Å². The number of pyridine rings is 1. The monoisotopic (exact) mass is 461 g/mol. The van der Waals surface area contributed by atoms with Crippen LogP contribution in [0.5, 0.6) is 5.75 Å². The highest BCUT2D eigenvalue weighted by Crippen LogP contribution is 2.31. The minimum absolute atomic E-state index is 0.0196. The fourth-order valence-electron chi connectivity index (χ4n) is 4.22. The van der Waals surface area contributed by atoms with E-state index in [0.29, 0.717) is 43.0 Å². The molecule has 4 heterocycles. The molecule has 2 N–H and O–H groups in total. The van der Waals surface area contributed by atoms with Gasteiger partial charge in [0, 0.05) is 66.3 Å². The predicted molar refractivity (Wildman–Crippen MR) is 124 cm³/mol. The molecule has 1 aromatic carbocycles. The van der Waals surface area contributed by atoms with Gasteiger partial charge >= 0.3 is 0 Å². The lowest BCUT2D eigenvalue weighted by Gasteiger charge is -2.13. The molecule has 10 heteroatoms. The Balaban J connectivity index is 1.41. The first-order chi connectivity index (χ1) is 16.5. The molecule has 0 unspecified atom stereocenters. The van der Waals surface area contributed by atoms with Gasteiger partial charge in [0.2, 0.25) is 11.9 Å². The van der Waals surface area contributed by atoms with Crippen molar-refractivity contribution in [1.82, 2.24) is 29.9 Å². The molecule has 0 fully saturated rings. The Labute approximate surface area is 195 Å². The Morgan fingerprint density at radius 3 is 2.94 bits per heavy atom. The minimum atomic E-state index is -0.272. The molecule has 9 nitrogen and oxygen atoms in total. The maximum atomic E-state index is 14.5. The molecular formula is C24H24FN7O2. The minimum Gasteiger partial charge on any atom is -0.493 e. The van der Waals surface area contributed by atoms with E-state index in [1.165, 1.54) is 6.07 Å². The fourth-order valence-corrected chi connectivity index (χ4v) is 4.22. The van der Waals surface area contributed by atoms with Gasteiger partial charge in [-0.15, -0.1) is 10.2 Å². The molecule has 5 rings (SSSR count). The number of aromatic nitrogens is 5. The third-order valence-electron chi connectivity index (χ3n) is 6.02. The number of nitrogens with one attached hydrogen (secondary N) is 2. The van der Waals surface area contributed by atoms with Crippen molar-refractivity contribution in [3.8, 4) is 16.9 Å². The van der Waals surface area contributed by atoms with Crippen molar-refractivity contribution in [2.24, 2.45) is 0 Å². The van der Waals surface area contributed by atoms with E-state index in [2.05, 4.69) is 30.8 Å². The van der Waals surface area contributed by atoms with Crippen molar-refractivity contribution in [2.75, 3.05) is 19.0 Å². The van der Waals surface area contributed by atoms with Gasteiger partial charge in [-0.3, -0.25) is 14.2 Å². The van der Waals surface area contributed by atoms with Crippen LogP contribution in [0.25, 0.3) is 16.8 Å². The Morgan fingerprint density at radius 1 is 1.24 bits per heavy atom. The molecule has 0 saturated carbocycles. The standard InChI is InChI=1S/C24H24FN7O2/c1-14-16(5-3-15(30-14)4-8-22(33)26-2)19-12-28-24(32-13-29-31-23(19)32)27-11-18-17-9-10-34-21(17)7-6-20(18)25/h3,5-7,12-13H,4,8-11H2,1-2H3,(H,26,33)(H,27,28). The summed E-state index contributed by atoms with van der Waals surface area (Å²) in [7, 11) is 1.62. The van der Waals surface area contributed by atoms with Crippen LogP contribution in [-0.2, 0) is 24.2 Å². The molecule has 3 aromatic heterocycles. The number of halogens is 1. The molecule has 0 spiro atoms. The van der Waals surface area contributed by atoms with Gasteiger partial charge in [0.05, 0.1) is 6.61 Å². The SMILES string of the molecule is CNC(=O)CCc1ccc(-c2cnc(NCc3c(F)ccc4c3CCO4)n3cnnc23)c(C)n1. The average Bonchev–Trinajstić information content (AvgIpc) is 3.52. The van der Waals surface area contributed by atoms with Gasteiger partial charge < -0.3 is 15.4 Å². The van der Waals surface area contributed by atoms with Crippen LogP contribution in [0.15, 0.2) is 36.8 Å². The van der Waals surface area contributed by atoms with Gasteiger partial charge in [-0.2, -0.15) is 0 Å². The molecule has 1 aliphatic rings. The fraction of sp³-hybridized carbons (Fsp3) is 0.292. The summed E-state index contributed by atoms with van der Waals surface area (Å²) < 4.78 is 21.8. The van der Waals surface area contributed by atoms with Crippen LogP contribution >= 0.6 is 0 Å². The van der Waals surface area contributed by atoms with Crippen molar-refractivity contribution < 1.29 is 13.9 Å². The zero-order valence-corrected chi connectivity index (χ0v) is 18.9. The van der Waals surface area contributed by atoms with E-state index < -0.39 is 0 Å². The largest absolute Gasteiger partial charge is 0.493 e. The van der Waals surface area contributed by atoms with Crippen LogP contribution in [0.2, 0.25) is 0 Å². The highest BCUT2D eigenvalue weighted by atomic mass is 19.1. The van der Waals surface area contributed by atoms with E-state index in [1.54, 1.807) is 30.0 Å². The number of fused-ring (bicyclic) bond motifs is 2. The summed E-state index contributed by atoms with van der Waals surface area (Å²) in [5.41, 5.74) is 5.40. The number of nitrogens with zero attached hydrogens (tertiary/aromatic N) is 5. The highest BCUT2D eigenvalue weighted by molar-refractivity contribution is 5.79. The van der Waals surface area contributed by atoms with Crippen LogP contribution in [0.1, 0.15) is 28.9 Å². The third kappa shape index (κ3) is 4.02. The van der Waals surface area contributed by atoms with Crippen molar-refractivity contribution in [1.29, 1.82) is 0 Å². The van der Waals surface area contributed by atoms with Gasteiger partial charge in [0.25, 0.3) is 0 Å². The number of aryl methyl sites for hydroxylation is 2. The van der Waals surface area contributed by atoms with Crippen LogP contribution in [0.3, 0.4) is 0 Å². The Morgan fingerprint density at radius 2 is 2.12 bits per heavy atom. The second-order valence-corrected chi connectivity index (χ2v) is 8.08. The van der Waals surface area contributed by atoms with E-state index in [9.17, 15) is 9.18 Å². The Bertz CT molecular complexity index is 1390. The van der Waals surface area contributed by atoms with E-state index in [1.807, 2.05) is 19.1 Å². The van der Waals surface area contributed by atoms with Crippen molar-refractivity contribution >= 4 is 17.5 Å². The van der Waals surface area contributed by atoms with Gasteiger partial charge in [0.1, 0.15) is 17.9 Å². The molecule has 1 aliphatic heterocycles. The van der Waals surface area contributed by atoms with Gasteiger partial charge in [-0.1, -0.05) is 6.07 Å². The van der Waals surface area contributed by atoms with Crippen LogP contribution in [0, 0.1) is 12.7 Å². The number of rotatable bonds is 7. The predicted octanol–water partition coefficient (Wildman–Crippen LogP) is 2.86. The summed E-state index contributed by atoms with van der Waals surface area (Å²) in [6, 6.07) is 6.97. The number of carbonyl (C=O) groups excluding carboxylic acids is 1. The summed E-state index contributed by atoms with van der Waals surface area (Å²) >= 11 is 0. The lowest BCUT2D eigenvalue weighted by atomic mass is 10.0. The first-order valence-corrected chi connectivity index (χ1v) is 11.1. The summed E-state index contributed by atoms with van der Waals surface area (Å²) in [5, 5.41) is 14.2. The highest BCUT2D eigenvalue weighted by Gasteiger charge is 2.20. The van der Waals surface area contributed by atoms with Gasteiger partial charge in [0.15, 0.2) is 5.65 Å². The number of benzene rings is 1. The summed E-state index contributed by atoms with van der Waals surface area (Å²) in [5.74, 6) is 0.950. The van der Waals surface area contributed by atoms with Crippen LogP contribution in [0.4, 0.5) is 10.3 Å². The summed E-state index contributed by atoms with van der Waals surface area (Å²) in [4.78, 5) is 20.7. The molecule has 0 atom stereocenters. The maximum absolute atomic E-state index is 14.5. The second kappa shape index (κ2) is 9.05. The quantitative estimate of drug-likeness (QED) is 0.436. The second-order valence-electron chi connectivity index (χ2n) is 8.08. The number of amides is 1. The number of anilines is 1. The third-order valence-corrected chi connectivity index (χ3v) is 6.02. The van der Waals surface area contributed by atoms with Crippen LogP contribution < -0.4 is 15.4 Å². The first kappa shape index (κ1) is 21.7. The number of hydrogen-bond acceptors (Lipinski definition) is 7. The number of hydrogen-bond donors (Lipinski definition) is 2. The molecule has 0 radical (unpaired) electrons. The maximum Gasteiger partial charge on any atom is 0.220 e. The molecular weight excluding hydrogens is 437 g/mol.